The Bertz CT molecular complexity index is 1130. The summed E-state index contributed by atoms with van der Waals surface area (Å²) in [5.74, 6) is -0.0395. The van der Waals surface area contributed by atoms with Crippen molar-refractivity contribution < 1.29 is 13.9 Å². The highest BCUT2D eigenvalue weighted by Crippen LogP contribution is 2.26. The number of carbonyl (C=O) groups excluding carboxylic acids is 1. The number of amides is 1. The minimum absolute atomic E-state index is 0.0283. The van der Waals surface area contributed by atoms with Gasteiger partial charge in [0, 0.05) is 23.7 Å². The Balaban J connectivity index is 1.35. The van der Waals surface area contributed by atoms with Gasteiger partial charge in [0.2, 0.25) is 5.91 Å². The van der Waals surface area contributed by atoms with Crippen LogP contribution in [0.1, 0.15) is 11.8 Å². The molecule has 1 atom stereocenters. The largest absolute Gasteiger partial charge is 0.480 e. The molecule has 4 rings (SSSR count). The van der Waals surface area contributed by atoms with Crippen LogP contribution in [-0.4, -0.2) is 51.5 Å². The molecule has 1 unspecified atom stereocenters. The zero-order chi connectivity index (χ0) is 20.9. The fraction of sp³-hybridized carbons (Fsp3) is 0.238. The van der Waals surface area contributed by atoms with Gasteiger partial charge in [0.05, 0.1) is 12.1 Å². The second-order valence-electron chi connectivity index (χ2n) is 6.83. The van der Waals surface area contributed by atoms with Crippen molar-refractivity contribution in [2.45, 2.75) is 19.6 Å². The van der Waals surface area contributed by atoms with E-state index in [2.05, 4.69) is 15.3 Å². The Morgan fingerprint density at radius 1 is 1.33 bits per heavy atom. The minimum atomic E-state index is -1.04. The van der Waals surface area contributed by atoms with E-state index in [4.69, 9.17) is 4.74 Å². The van der Waals surface area contributed by atoms with Crippen LogP contribution in [0.3, 0.4) is 0 Å². The predicted molar refractivity (Wildman–Crippen MR) is 114 cm³/mol. The van der Waals surface area contributed by atoms with Gasteiger partial charge in [-0.25, -0.2) is 14.1 Å². The molecule has 30 heavy (non-hydrogen) atoms. The molecule has 1 amide bonds. The molecule has 1 aliphatic rings. The third-order valence-corrected chi connectivity index (χ3v) is 5.43. The lowest BCUT2D eigenvalue weighted by atomic mass is 10.3. The first-order chi connectivity index (χ1) is 14.6. The summed E-state index contributed by atoms with van der Waals surface area (Å²) in [5, 5.41) is 9.37. The van der Waals surface area contributed by atoms with Gasteiger partial charge in [-0.1, -0.05) is 17.3 Å². The number of ether oxygens (including phenoxy) is 1. The second kappa shape index (κ2) is 9.00. The van der Waals surface area contributed by atoms with Crippen LogP contribution in [0.15, 0.2) is 65.3 Å². The number of hydrogen-bond acceptors (Lipinski definition) is 6. The van der Waals surface area contributed by atoms with Crippen molar-refractivity contribution in [3.05, 3.63) is 65.2 Å². The lowest BCUT2D eigenvalue weighted by Gasteiger charge is -2.14. The molecule has 0 saturated carbocycles. The number of rotatable bonds is 8. The summed E-state index contributed by atoms with van der Waals surface area (Å²) in [6.07, 6.45) is 5.03. The molecule has 1 aromatic carbocycles. The molecule has 0 bridgehead atoms. The van der Waals surface area contributed by atoms with E-state index in [-0.39, 0.29) is 12.5 Å². The fourth-order valence-electron chi connectivity index (χ4n) is 3.01. The summed E-state index contributed by atoms with van der Waals surface area (Å²) < 4.78 is 19.3. The molecule has 0 N–H and O–H groups in total. The average molecular weight is 425 g/mol. The minimum Gasteiger partial charge on any atom is -0.480 e. The van der Waals surface area contributed by atoms with Gasteiger partial charge in [0.1, 0.15) is 23.3 Å². The van der Waals surface area contributed by atoms with Crippen LogP contribution in [0, 0.1) is 0 Å². The first-order valence-electron chi connectivity index (χ1n) is 9.43. The Morgan fingerprint density at radius 2 is 2.20 bits per heavy atom. The molecular weight excluding hydrogens is 405 g/mol. The summed E-state index contributed by atoms with van der Waals surface area (Å²) in [6, 6.07) is 11.8. The van der Waals surface area contributed by atoms with E-state index < -0.39 is 6.17 Å². The topological polar surface area (TPSA) is 72.6 Å². The molecular formula is C21H20FN5O2S. The Morgan fingerprint density at radius 3 is 3.07 bits per heavy atom. The summed E-state index contributed by atoms with van der Waals surface area (Å²) in [6.45, 7) is 2.41. The summed E-state index contributed by atoms with van der Waals surface area (Å²) in [7, 11) is 0. The normalized spacial score (nSPS) is 15.6. The van der Waals surface area contributed by atoms with Crippen molar-refractivity contribution >= 4 is 34.7 Å². The highest BCUT2D eigenvalue weighted by atomic mass is 32.1. The van der Waals surface area contributed by atoms with Crippen molar-refractivity contribution in [1.29, 1.82) is 0 Å². The van der Waals surface area contributed by atoms with E-state index in [0.717, 1.165) is 26.5 Å². The Labute approximate surface area is 176 Å². The number of benzene rings is 1. The summed E-state index contributed by atoms with van der Waals surface area (Å²) in [4.78, 5) is 19.0. The number of para-hydroxylation sites is 1. The second-order valence-corrected chi connectivity index (χ2v) is 7.97. The molecule has 0 saturated heterocycles. The Kier molecular flexibility index (Phi) is 5.99. The van der Waals surface area contributed by atoms with Gasteiger partial charge >= 0.3 is 0 Å². The number of hydrogen-bond donors (Lipinski definition) is 0. The molecule has 3 heterocycles. The maximum Gasteiger partial charge on any atom is 0.247 e. The number of nitrogens with zero attached hydrogens (tertiary/aromatic N) is 5. The third-order valence-electron chi connectivity index (χ3n) is 4.38. The monoisotopic (exact) mass is 425 g/mol. The lowest BCUT2D eigenvalue weighted by Crippen LogP contribution is -2.24. The highest BCUT2D eigenvalue weighted by molar-refractivity contribution is 7.14. The number of alkyl halides is 1. The quantitative estimate of drug-likeness (QED) is 0.408. The Hall–Kier alpha value is -3.33. The number of halogens is 1. The molecule has 9 heteroatoms. The van der Waals surface area contributed by atoms with E-state index in [9.17, 15) is 9.18 Å². The van der Waals surface area contributed by atoms with Gasteiger partial charge in [-0.05, 0) is 42.8 Å². The third kappa shape index (κ3) is 4.62. The van der Waals surface area contributed by atoms with Gasteiger partial charge in [-0.3, -0.25) is 4.79 Å². The molecule has 3 aromatic rings. The number of fused-ring (bicyclic) bond motifs is 1. The molecule has 1 aliphatic heterocycles. The highest BCUT2D eigenvalue weighted by Gasteiger charge is 2.21. The zero-order valence-electron chi connectivity index (χ0n) is 16.3. The van der Waals surface area contributed by atoms with Gasteiger partial charge in [-0.15, -0.1) is 16.4 Å². The molecule has 0 aliphatic carbocycles. The van der Waals surface area contributed by atoms with E-state index in [1.807, 2.05) is 41.1 Å². The lowest BCUT2D eigenvalue weighted by molar-refractivity contribution is -0.125. The number of thiophene rings is 1. The van der Waals surface area contributed by atoms with Crippen molar-refractivity contribution in [2.24, 2.45) is 4.99 Å². The summed E-state index contributed by atoms with van der Waals surface area (Å²) in [5.41, 5.74) is 2.65. The van der Waals surface area contributed by atoms with Crippen LogP contribution in [0.25, 0.3) is 16.0 Å². The van der Waals surface area contributed by atoms with E-state index in [1.165, 1.54) is 19.5 Å². The van der Waals surface area contributed by atoms with Gasteiger partial charge in [-0.2, -0.15) is 0 Å². The predicted octanol–water partition coefficient (Wildman–Crippen LogP) is 3.67. The van der Waals surface area contributed by atoms with Crippen molar-refractivity contribution in [3.63, 3.8) is 0 Å². The van der Waals surface area contributed by atoms with Gasteiger partial charge in [0.15, 0.2) is 6.40 Å². The molecule has 154 valence electrons. The number of aromatic nitrogens is 3. The molecule has 2 aromatic heterocycles. The van der Waals surface area contributed by atoms with Crippen LogP contribution in [-0.2, 0) is 16.1 Å². The van der Waals surface area contributed by atoms with Crippen LogP contribution in [0.5, 0.6) is 0 Å². The van der Waals surface area contributed by atoms with E-state index in [1.54, 1.807) is 28.4 Å². The fourth-order valence-corrected chi connectivity index (χ4v) is 3.99. The maximum atomic E-state index is 12.6. The smallest absolute Gasteiger partial charge is 0.247 e. The van der Waals surface area contributed by atoms with E-state index in [0.29, 0.717) is 13.1 Å². The van der Waals surface area contributed by atoms with E-state index >= 15 is 0 Å². The molecule has 0 fully saturated rings. The van der Waals surface area contributed by atoms with Crippen LogP contribution >= 0.6 is 11.3 Å². The van der Waals surface area contributed by atoms with Crippen LogP contribution < -0.4 is 0 Å². The number of aliphatic imine (C=N–C) groups is 1. The maximum absolute atomic E-state index is 12.6. The first-order valence-corrected chi connectivity index (χ1v) is 10.2. The van der Waals surface area contributed by atoms with Crippen LogP contribution in [0.2, 0.25) is 0 Å². The van der Waals surface area contributed by atoms with Crippen molar-refractivity contribution in [3.8, 4) is 5.00 Å². The standard InChI is InChI=1S/C21H20FN5O2S/c1-15(22)13-29-14-23-9-8-16-10-20(28)26(11-16)12-17-6-7-21(30-17)27-19-5-3-2-4-18(19)24-25-27/h2-10,14-15H,11-13H2,1H3/b9-8-,23-14+. The van der Waals surface area contributed by atoms with Crippen LogP contribution in [0.4, 0.5) is 4.39 Å². The molecule has 0 spiro atoms. The first kappa shape index (κ1) is 20.0. The van der Waals surface area contributed by atoms with Gasteiger partial charge < -0.3 is 9.64 Å². The van der Waals surface area contributed by atoms with Crippen molar-refractivity contribution in [2.75, 3.05) is 13.2 Å². The average Bonchev–Trinajstić information content (AvgIpc) is 3.43. The SMILES string of the molecule is CC(F)CO/C=N/C=C\C1=CC(=O)N(Cc2ccc(-n3nnc4ccccc43)s2)C1. The molecule has 7 nitrogen and oxygen atoms in total. The zero-order valence-corrected chi connectivity index (χ0v) is 17.1. The molecule has 0 radical (unpaired) electrons. The van der Waals surface area contributed by atoms with Gasteiger partial charge in [0.25, 0.3) is 0 Å². The summed E-state index contributed by atoms with van der Waals surface area (Å²) >= 11 is 1.58. The van der Waals surface area contributed by atoms with Crippen molar-refractivity contribution in [1.82, 2.24) is 19.9 Å². The number of carbonyl (C=O) groups is 1.